The molecule has 0 spiro atoms. The Bertz CT molecular complexity index is 423. The van der Waals surface area contributed by atoms with Crippen molar-refractivity contribution in [1.29, 1.82) is 0 Å². The van der Waals surface area contributed by atoms with Crippen LogP contribution in [0, 0.1) is 6.92 Å². The summed E-state index contributed by atoms with van der Waals surface area (Å²) in [4.78, 5) is 8.37. The summed E-state index contributed by atoms with van der Waals surface area (Å²) in [5, 5.41) is 3.58. The number of aryl methyl sites for hydroxylation is 2. The van der Waals surface area contributed by atoms with E-state index in [-0.39, 0.29) is 0 Å². The second-order valence-corrected chi connectivity index (χ2v) is 3.09. The summed E-state index contributed by atoms with van der Waals surface area (Å²) in [7, 11) is 0. The minimum absolute atomic E-state index is 0.546. The van der Waals surface area contributed by atoms with E-state index < -0.39 is 0 Å². The molecule has 72 valence electrons. The average molecular weight is 189 g/mol. The van der Waals surface area contributed by atoms with Crippen LogP contribution >= 0.6 is 0 Å². The van der Waals surface area contributed by atoms with Gasteiger partial charge in [-0.15, -0.1) is 0 Å². The highest BCUT2D eigenvalue weighted by atomic mass is 16.5. The normalized spacial score (nSPS) is 10.4. The predicted octanol–water partition coefficient (Wildman–Crippen LogP) is 2.00. The van der Waals surface area contributed by atoms with E-state index in [1.807, 2.05) is 19.1 Å². The molecular weight excluding hydrogens is 178 g/mol. The lowest BCUT2D eigenvalue weighted by Gasteiger charge is -2.00. The highest BCUT2D eigenvalue weighted by Gasteiger charge is 2.05. The van der Waals surface area contributed by atoms with Crippen molar-refractivity contribution in [3.8, 4) is 11.5 Å². The monoisotopic (exact) mass is 189 g/mol. The smallest absolute Gasteiger partial charge is 0.257 e. The van der Waals surface area contributed by atoms with Crippen LogP contribution in [0.15, 0.2) is 23.0 Å². The molecule has 0 atom stereocenters. The molecule has 2 aromatic heterocycles. The molecule has 0 amide bonds. The number of hydrogen-bond acceptors (Lipinski definition) is 4. The maximum Gasteiger partial charge on any atom is 0.257 e. The summed E-state index contributed by atoms with van der Waals surface area (Å²) in [6.07, 6.45) is 2.31. The van der Waals surface area contributed by atoms with E-state index in [9.17, 15) is 0 Å². The molecule has 2 aromatic rings. The third-order valence-corrected chi connectivity index (χ3v) is 1.98. The molecule has 0 aliphatic heterocycles. The lowest BCUT2D eigenvalue weighted by atomic mass is 10.1. The van der Waals surface area contributed by atoms with Gasteiger partial charge in [-0.3, -0.25) is 4.98 Å². The largest absolute Gasteiger partial charge is 0.334 e. The van der Waals surface area contributed by atoms with Crippen LogP contribution in [0.4, 0.5) is 0 Å². The summed E-state index contributed by atoms with van der Waals surface area (Å²) in [6, 6.07) is 3.91. The van der Waals surface area contributed by atoms with E-state index in [0.29, 0.717) is 5.89 Å². The van der Waals surface area contributed by atoms with Gasteiger partial charge in [-0.1, -0.05) is 12.1 Å². The van der Waals surface area contributed by atoms with Gasteiger partial charge in [0.2, 0.25) is 0 Å². The molecule has 4 nitrogen and oxygen atoms in total. The number of nitrogens with zero attached hydrogens (tertiary/aromatic N) is 3. The van der Waals surface area contributed by atoms with Crippen molar-refractivity contribution in [2.24, 2.45) is 0 Å². The molecule has 0 aromatic carbocycles. The average Bonchev–Trinajstić information content (AvgIpc) is 2.69. The fraction of sp³-hybridized carbons (Fsp3) is 0.300. The quantitative estimate of drug-likeness (QED) is 0.725. The van der Waals surface area contributed by atoms with Crippen LogP contribution in [0.25, 0.3) is 11.5 Å². The first-order chi connectivity index (χ1) is 6.79. The van der Waals surface area contributed by atoms with E-state index in [1.165, 1.54) is 6.33 Å². The van der Waals surface area contributed by atoms with Crippen molar-refractivity contribution in [2.45, 2.75) is 20.3 Å². The Kier molecular flexibility index (Phi) is 2.26. The molecule has 2 heterocycles. The van der Waals surface area contributed by atoms with Crippen molar-refractivity contribution < 1.29 is 4.52 Å². The summed E-state index contributed by atoms with van der Waals surface area (Å²) in [5.41, 5.74) is 2.95. The fourth-order valence-corrected chi connectivity index (χ4v) is 1.34. The summed E-state index contributed by atoms with van der Waals surface area (Å²) < 4.78 is 4.99. The van der Waals surface area contributed by atoms with Gasteiger partial charge in [-0.05, 0) is 25.5 Å². The van der Waals surface area contributed by atoms with Crippen molar-refractivity contribution in [1.82, 2.24) is 15.1 Å². The van der Waals surface area contributed by atoms with Crippen LogP contribution in [-0.2, 0) is 6.42 Å². The third kappa shape index (κ3) is 1.64. The van der Waals surface area contributed by atoms with Crippen molar-refractivity contribution in [2.75, 3.05) is 0 Å². The van der Waals surface area contributed by atoms with E-state index in [2.05, 4.69) is 22.0 Å². The second kappa shape index (κ2) is 3.57. The maximum absolute atomic E-state index is 4.99. The van der Waals surface area contributed by atoms with Crippen molar-refractivity contribution in [3.63, 3.8) is 0 Å². The zero-order valence-corrected chi connectivity index (χ0v) is 8.19. The van der Waals surface area contributed by atoms with Crippen LogP contribution in [0.5, 0.6) is 0 Å². The van der Waals surface area contributed by atoms with Crippen molar-refractivity contribution in [3.05, 3.63) is 29.8 Å². The van der Waals surface area contributed by atoms with Gasteiger partial charge in [0.05, 0.1) is 0 Å². The number of rotatable bonds is 2. The SMILES string of the molecule is CCc1cc(-c2ncno2)cc(C)n1. The molecule has 2 rings (SSSR count). The van der Waals surface area contributed by atoms with E-state index in [4.69, 9.17) is 4.52 Å². The molecule has 0 unspecified atom stereocenters. The second-order valence-electron chi connectivity index (χ2n) is 3.09. The number of hydrogen-bond donors (Lipinski definition) is 0. The Balaban J connectivity index is 2.48. The lowest BCUT2D eigenvalue weighted by molar-refractivity contribution is 0.430. The number of aromatic nitrogens is 3. The molecule has 4 heteroatoms. The maximum atomic E-state index is 4.99. The number of pyridine rings is 1. The molecule has 0 aliphatic rings. The zero-order chi connectivity index (χ0) is 9.97. The molecule has 14 heavy (non-hydrogen) atoms. The first-order valence-electron chi connectivity index (χ1n) is 4.54. The molecule has 0 radical (unpaired) electrons. The van der Waals surface area contributed by atoms with Crippen LogP contribution in [0.3, 0.4) is 0 Å². The summed E-state index contributed by atoms with van der Waals surface area (Å²) in [5.74, 6) is 0.546. The first kappa shape index (κ1) is 8.87. The van der Waals surface area contributed by atoms with Gasteiger partial charge < -0.3 is 4.52 Å². The standard InChI is InChI=1S/C10H11N3O/c1-3-9-5-8(4-7(2)13-9)10-11-6-12-14-10/h4-6H,3H2,1-2H3. The summed E-state index contributed by atoms with van der Waals surface area (Å²) in [6.45, 7) is 4.03. The van der Waals surface area contributed by atoms with E-state index in [1.54, 1.807) is 0 Å². The third-order valence-electron chi connectivity index (χ3n) is 1.98. The van der Waals surface area contributed by atoms with Crippen LogP contribution < -0.4 is 0 Å². The molecule has 0 aliphatic carbocycles. The minimum Gasteiger partial charge on any atom is -0.334 e. The van der Waals surface area contributed by atoms with E-state index >= 15 is 0 Å². The summed E-state index contributed by atoms with van der Waals surface area (Å²) >= 11 is 0. The molecule has 0 saturated carbocycles. The Morgan fingerprint density at radius 3 is 2.86 bits per heavy atom. The van der Waals surface area contributed by atoms with Crippen LogP contribution in [-0.4, -0.2) is 15.1 Å². The van der Waals surface area contributed by atoms with Gasteiger partial charge in [0, 0.05) is 17.0 Å². The van der Waals surface area contributed by atoms with Crippen molar-refractivity contribution >= 4 is 0 Å². The molecular formula is C10H11N3O. The van der Waals surface area contributed by atoms with Crippen LogP contribution in [0.2, 0.25) is 0 Å². The Morgan fingerprint density at radius 2 is 2.21 bits per heavy atom. The van der Waals surface area contributed by atoms with Gasteiger partial charge in [-0.2, -0.15) is 4.98 Å². The highest BCUT2D eigenvalue weighted by molar-refractivity contribution is 5.53. The predicted molar refractivity (Wildman–Crippen MR) is 51.6 cm³/mol. The molecule has 0 fully saturated rings. The first-order valence-corrected chi connectivity index (χ1v) is 4.54. The minimum atomic E-state index is 0.546. The Hall–Kier alpha value is -1.71. The van der Waals surface area contributed by atoms with Gasteiger partial charge in [-0.25, -0.2) is 0 Å². The van der Waals surface area contributed by atoms with Gasteiger partial charge in [0.1, 0.15) is 0 Å². The Labute approximate surface area is 82.0 Å². The molecule has 0 bridgehead atoms. The fourth-order valence-electron chi connectivity index (χ4n) is 1.34. The Morgan fingerprint density at radius 1 is 1.36 bits per heavy atom. The topological polar surface area (TPSA) is 51.8 Å². The molecule has 0 N–H and O–H groups in total. The van der Waals surface area contributed by atoms with Gasteiger partial charge in [0.15, 0.2) is 6.33 Å². The highest BCUT2D eigenvalue weighted by Crippen LogP contribution is 2.17. The van der Waals surface area contributed by atoms with Crippen LogP contribution in [0.1, 0.15) is 18.3 Å². The van der Waals surface area contributed by atoms with E-state index in [0.717, 1.165) is 23.4 Å². The zero-order valence-electron chi connectivity index (χ0n) is 8.19. The van der Waals surface area contributed by atoms with Gasteiger partial charge in [0.25, 0.3) is 5.89 Å². The van der Waals surface area contributed by atoms with Gasteiger partial charge >= 0.3 is 0 Å². The molecule has 0 saturated heterocycles. The lowest BCUT2D eigenvalue weighted by Crippen LogP contribution is -1.91.